The third-order valence-corrected chi connectivity index (χ3v) is 5.35. The molecule has 0 spiro atoms. The summed E-state index contributed by atoms with van der Waals surface area (Å²) in [4.78, 5) is 14.5. The number of carbonyl (C=O) groups is 1. The van der Waals surface area contributed by atoms with Gasteiger partial charge in [0.1, 0.15) is 11.5 Å². The lowest BCUT2D eigenvalue weighted by atomic mass is 9.85. The van der Waals surface area contributed by atoms with Crippen molar-refractivity contribution in [1.82, 2.24) is 4.90 Å². The van der Waals surface area contributed by atoms with Crippen LogP contribution in [0.2, 0.25) is 0 Å². The summed E-state index contributed by atoms with van der Waals surface area (Å²) in [5, 5.41) is 12.5. The van der Waals surface area contributed by atoms with Crippen LogP contribution in [0.25, 0.3) is 0 Å². The minimum atomic E-state index is -0.0356. The Morgan fingerprint density at radius 2 is 1.93 bits per heavy atom. The molecule has 6 nitrogen and oxygen atoms in total. The maximum Gasteiger partial charge on any atom is 0.225 e. The number of hydrogen-bond acceptors (Lipinski definition) is 5. The summed E-state index contributed by atoms with van der Waals surface area (Å²) < 4.78 is 11.2. The van der Waals surface area contributed by atoms with E-state index < -0.39 is 0 Å². The van der Waals surface area contributed by atoms with E-state index in [2.05, 4.69) is 10.2 Å². The first-order valence-corrected chi connectivity index (χ1v) is 9.85. The van der Waals surface area contributed by atoms with E-state index in [-0.39, 0.29) is 17.6 Å². The molecule has 2 heterocycles. The molecule has 1 unspecified atom stereocenters. The van der Waals surface area contributed by atoms with E-state index in [1.807, 2.05) is 30.3 Å². The number of fused-ring (bicyclic) bond motifs is 1. The summed E-state index contributed by atoms with van der Waals surface area (Å²) in [6.07, 6.45) is 1.39. The summed E-state index contributed by atoms with van der Waals surface area (Å²) in [6.45, 7) is 5.37. The van der Waals surface area contributed by atoms with Crippen LogP contribution in [0.5, 0.6) is 11.5 Å². The number of ether oxygens (including phenoxy) is 2. The summed E-state index contributed by atoms with van der Waals surface area (Å²) in [5.41, 5.74) is 2.78. The van der Waals surface area contributed by atoms with E-state index in [4.69, 9.17) is 9.47 Å². The quantitative estimate of drug-likeness (QED) is 0.752. The molecule has 4 rings (SSSR count). The van der Waals surface area contributed by atoms with Crippen molar-refractivity contribution in [1.29, 1.82) is 0 Å². The van der Waals surface area contributed by atoms with Crippen LogP contribution >= 0.6 is 0 Å². The number of rotatable bonds is 6. The average Bonchev–Trinajstić information content (AvgIpc) is 2.71. The number of hydrogen-bond donors (Lipinski definition) is 2. The highest BCUT2D eigenvalue weighted by Crippen LogP contribution is 2.38. The van der Waals surface area contributed by atoms with E-state index in [1.165, 1.54) is 0 Å². The van der Waals surface area contributed by atoms with Crippen molar-refractivity contribution in [2.45, 2.75) is 18.8 Å². The topological polar surface area (TPSA) is 71.0 Å². The van der Waals surface area contributed by atoms with E-state index in [0.717, 1.165) is 56.1 Å². The lowest BCUT2D eigenvalue weighted by Gasteiger charge is -2.26. The fraction of sp³-hybridized carbons (Fsp3) is 0.409. The summed E-state index contributed by atoms with van der Waals surface area (Å²) in [7, 11) is 0. The minimum absolute atomic E-state index is 0.0141. The lowest BCUT2D eigenvalue weighted by Crippen LogP contribution is -2.37. The number of nitrogens with one attached hydrogen (secondary N) is 1. The number of phenols is 1. The first kappa shape index (κ1) is 18.8. The van der Waals surface area contributed by atoms with Crippen LogP contribution in [0.1, 0.15) is 29.9 Å². The van der Waals surface area contributed by atoms with Crippen molar-refractivity contribution in [2.24, 2.45) is 0 Å². The van der Waals surface area contributed by atoms with Gasteiger partial charge in [-0.2, -0.15) is 0 Å². The molecule has 0 aliphatic carbocycles. The van der Waals surface area contributed by atoms with Crippen LogP contribution in [0.3, 0.4) is 0 Å². The number of phenolic OH excluding ortho intramolecular Hbond substituents is 1. The molecule has 6 heteroatoms. The molecule has 0 bridgehead atoms. The monoisotopic (exact) mass is 382 g/mol. The van der Waals surface area contributed by atoms with E-state index in [0.29, 0.717) is 18.7 Å². The molecule has 1 atom stereocenters. The highest BCUT2D eigenvalue weighted by atomic mass is 16.5. The van der Waals surface area contributed by atoms with Crippen LogP contribution in [-0.2, 0) is 9.53 Å². The van der Waals surface area contributed by atoms with Crippen molar-refractivity contribution in [3.8, 4) is 11.5 Å². The molecule has 0 saturated carbocycles. The number of benzene rings is 2. The molecule has 1 saturated heterocycles. The zero-order valence-electron chi connectivity index (χ0n) is 15.9. The highest BCUT2D eigenvalue weighted by Gasteiger charge is 2.26. The number of nitrogens with zero attached hydrogens (tertiary/aromatic N) is 1. The van der Waals surface area contributed by atoms with Gasteiger partial charge in [0, 0.05) is 43.7 Å². The molecule has 2 aromatic carbocycles. The Bertz CT molecular complexity index is 816. The molecule has 0 radical (unpaired) electrons. The molecule has 2 N–H and O–H groups in total. The van der Waals surface area contributed by atoms with Gasteiger partial charge in [-0.25, -0.2) is 0 Å². The van der Waals surface area contributed by atoms with Crippen molar-refractivity contribution in [3.63, 3.8) is 0 Å². The molecule has 148 valence electrons. The van der Waals surface area contributed by atoms with Gasteiger partial charge in [0.2, 0.25) is 5.91 Å². The normalized spacial score (nSPS) is 19.7. The highest BCUT2D eigenvalue weighted by molar-refractivity contribution is 5.95. The van der Waals surface area contributed by atoms with Gasteiger partial charge in [-0.1, -0.05) is 18.2 Å². The maximum atomic E-state index is 12.1. The molecular weight excluding hydrogens is 356 g/mol. The first-order chi connectivity index (χ1) is 13.7. The van der Waals surface area contributed by atoms with Gasteiger partial charge in [0.05, 0.1) is 19.8 Å². The number of morpholine rings is 1. The van der Waals surface area contributed by atoms with Gasteiger partial charge >= 0.3 is 0 Å². The summed E-state index contributed by atoms with van der Waals surface area (Å²) >= 11 is 0. The molecule has 2 aromatic rings. The zero-order valence-corrected chi connectivity index (χ0v) is 15.9. The molecule has 1 fully saturated rings. The van der Waals surface area contributed by atoms with Crippen LogP contribution in [0.15, 0.2) is 42.5 Å². The molecule has 2 aliphatic heterocycles. The Morgan fingerprint density at radius 3 is 2.71 bits per heavy atom. The van der Waals surface area contributed by atoms with Crippen molar-refractivity contribution in [2.75, 3.05) is 44.8 Å². The molecular formula is C22H26N2O4. The van der Waals surface area contributed by atoms with E-state index in [1.54, 1.807) is 12.1 Å². The van der Waals surface area contributed by atoms with Gasteiger partial charge in [-0.05, 0) is 35.7 Å². The fourth-order valence-electron chi connectivity index (χ4n) is 3.85. The Hall–Kier alpha value is -2.57. The van der Waals surface area contributed by atoms with Crippen LogP contribution in [0, 0.1) is 0 Å². The SMILES string of the molecule is O=C1CC(c2ccc(OCCCN3CCOCC3)cc2)c2ccc(O)cc2N1. The summed E-state index contributed by atoms with van der Waals surface area (Å²) in [6, 6.07) is 13.1. The lowest BCUT2D eigenvalue weighted by molar-refractivity contribution is -0.116. The summed E-state index contributed by atoms with van der Waals surface area (Å²) in [5.74, 6) is 0.948. The molecule has 1 amide bonds. The van der Waals surface area contributed by atoms with Gasteiger partial charge in [0.25, 0.3) is 0 Å². The third kappa shape index (κ3) is 4.46. The van der Waals surface area contributed by atoms with E-state index in [9.17, 15) is 9.90 Å². The molecule has 28 heavy (non-hydrogen) atoms. The first-order valence-electron chi connectivity index (χ1n) is 9.85. The van der Waals surface area contributed by atoms with Crippen molar-refractivity contribution < 1.29 is 19.4 Å². The van der Waals surface area contributed by atoms with Gasteiger partial charge in [-0.3, -0.25) is 9.69 Å². The molecule has 0 aromatic heterocycles. The Labute approximate surface area is 165 Å². The number of anilines is 1. The van der Waals surface area contributed by atoms with Crippen LogP contribution < -0.4 is 10.1 Å². The van der Waals surface area contributed by atoms with Crippen molar-refractivity contribution >= 4 is 11.6 Å². The average molecular weight is 382 g/mol. The maximum absolute atomic E-state index is 12.1. The Kier molecular flexibility index (Phi) is 5.78. The predicted molar refractivity (Wildman–Crippen MR) is 107 cm³/mol. The zero-order chi connectivity index (χ0) is 19.3. The van der Waals surface area contributed by atoms with Gasteiger partial charge in [0.15, 0.2) is 0 Å². The largest absolute Gasteiger partial charge is 0.508 e. The fourth-order valence-corrected chi connectivity index (χ4v) is 3.85. The second-order valence-electron chi connectivity index (χ2n) is 7.30. The third-order valence-electron chi connectivity index (χ3n) is 5.35. The second-order valence-corrected chi connectivity index (χ2v) is 7.30. The van der Waals surface area contributed by atoms with Crippen LogP contribution in [0.4, 0.5) is 5.69 Å². The van der Waals surface area contributed by atoms with Crippen molar-refractivity contribution in [3.05, 3.63) is 53.6 Å². The standard InChI is InChI=1S/C22H26N2O4/c25-17-4-7-19-20(15-22(26)23-21(19)14-17)16-2-5-18(6-3-16)28-11-1-8-24-9-12-27-13-10-24/h2-7,14,20,25H,1,8-13,15H2,(H,23,26). The van der Waals surface area contributed by atoms with Gasteiger partial charge < -0.3 is 19.9 Å². The number of amides is 1. The van der Waals surface area contributed by atoms with E-state index >= 15 is 0 Å². The smallest absolute Gasteiger partial charge is 0.225 e. The predicted octanol–water partition coefficient (Wildman–Crippen LogP) is 2.97. The Balaban J connectivity index is 1.35. The number of aromatic hydroxyl groups is 1. The number of carbonyl (C=O) groups excluding carboxylic acids is 1. The minimum Gasteiger partial charge on any atom is -0.508 e. The second kappa shape index (κ2) is 8.63. The van der Waals surface area contributed by atoms with Crippen LogP contribution in [-0.4, -0.2) is 55.4 Å². The Morgan fingerprint density at radius 1 is 1.14 bits per heavy atom. The molecule has 2 aliphatic rings. The van der Waals surface area contributed by atoms with Gasteiger partial charge in [-0.15, -0.1) is 0 Å².